The Kier molecular flexibility index (Phi) is 5.43. The lowest BCUT2D eigenvalue weighted by Crippen LogP contribution is -2.14. The van der Waals surface area contributed by atoms with Crippen LogP contribution >= 0.6 is 0 Å². The first-order valence-corrected chi connectivity index (χ1v) is 7.81. The van der Waals surface area contributed by atoms with Crippen molar-refractivity contribution in [2.24, 2.45) is 0 Å². The molecule has 0 heterocycles. The van der Waals surface area contributed by atoms with Crippen molar-refractivity contribution in [3.63, 3.8) is 0 Å². The van der Waals surface area contributed by atoms with E-state index >= 15 is 0 Å². The van der Waals surface area contributed by atoms with Crippen LogP contribution in [0.5, 0.6) is 0 Å². The van der Waals surface area contributed by atoms with Crippen molar-refractivity contribution in [2.75, 3.05) is 0 Å². The zero-order chi connectivity index (χ0) is 13.6. The molecule has 1 rings (SSSR count). The fraction of sp³-hybridized carbons (Fsp3) is 0.467. The Morgan fingerprint density at radius 3 is 2.56 bits per heavy atom. The zero-order valence-electron chi connectivity index (χ0n) is 11.2. The van der Waals surface area contributed by atoms with E-state index in [2.05, 4.69) is 11.8 Å². The van der Waals surface area contributed by atoms with E-state index in [1.165, 1.54) is 0 Å². The van der Waals surface area contributed by atoms with E-state index in [0.29, 0.717) is 4.90 Å². The Morgan fingerprint density at radius 1 is 1.22 bits per heavy atom. The molecule has 98 valence electrons. The molecule has 0 radical (unpaired) electrons. The topological polar surface area (TPSA) is 34.1 Å². The molecule has 0 saturated heterocycles. The molecule has 0 spiro atoms. The van der Waals surface area contributed by atoms with Crippen molar-refractivity contribution < 1.29 is 8.42 Å². The number of rotatable bonds is 4. The highest BCUT2D eigenvalue weighted by Crippen LogP contribution is 2.17. The summed E-state index contributed by atoms with van der Waals surface area (Å²) in [4.78, 5) is 0.415. The van der Waals surface area contributed by atoms with Crippen LogP contribution in [0.15, 0.2) is 29.2 Å². The molecule has 0 amide bonds. The van der Waals surface area contributed by atoms with E-state index in [9.17, 15) is 8.42 Å². The maximum atomic E-state index is 12.0. The van der Waals surface area contributed by atoms with Crippen LogP contribution in [0.2, 0.25) is 0 Å². The summed E-state index contributed by atoms with van der Waals surface area (Å²) in [5.74, 6) is 6.08. The molecule has 2 nitrogen and oxygen atoms in total. The lowest BCUT2D eigenvalue weighted by Gasteiger charge is -2.08. The molecule has 1 aromatic carbocycles. The number of benzene rings is 1. The van der Waals surface area contributed by atoms with E-state index < -0.39 is 9.84 Å². The minimum atomic E-state index is -3.17. The molecular weight excluding hydrogens is 244 g/mol. The van der Waals surface area contributed by atoms with Crippen LogP contribution in [-0.4, -0.2) is 13.7 Å². The normalized spacial score (nSPS) is 11.1. The van der Waals surface area contributed by atoms with Gasteiger partial charge in [-0.05, 0) is 38.0 Å². The Labute approximate surface area is 110 Å². The Morgan fingerprint density at radius 2 is 1.94 bits per heavy atom. The summed E-state index contributed by atoms with van der Waals surface area (Å²) < 4.78 is 24.1. The van der Waals surface area contributed by atoms with Crippen molar-refractivity contribution in [2.45, 2.75) is 50.2 Å². The second-order valence-corrected chi connectivity index (χ2v) is 6.95. The molecule has 0 unspecified atom stereocenters. The zero-order valence-corrected chi connectivity index (χ0v) is 12.0. The molecule has 0 aliphatic rings. The predicted octanol–water partition coefficient (Wildman–Crippen LogP) is 3.21. The molecule has 0 aliphatic heterocycles. The number of hydrogen-bond donors (Lipinski definition) is 0. The monoisotopic (exact) mass is 264 g/mol. The Balaban J connectivity index is 2.87. The first kappa shape index (κ1) is 14.8. The molecule has 3 heteroatoms. The van der Waals surface area contributed by atoms with Gasteiger partial charge in [-0.15, -0.1) is 11.8 Å². The second kappa shape index (κ2) is 6.61. The number of hydrogen-bond acceptors (Lipinski definition) is 2. The van der Waals surface area contributed by atoms with Crippen molar-refractivity contribution in [1.29, 1.82) is 0 Å². The summed E-state index contributed by atoms with van der Waals surface area (Å²) in [6.07, 6.45) is 2.44. The third-order valence-corrected chi connectivity index (χ3v) is 4.84. The van der Waals surface area contributed by atoms with Gasteiger partial charge in [0.05, 0.1) is 10.1 Å². The first-order valence-electron chi connectivity index (χ1n) is 6.27. The van der Waals surface area contributed by atoms with Gasteiger partial charge in [0.25, 0.3) is 0 Å². The summed E-state index contributed by atoms with van der Waals surface area (Å²) in [5, 5.41) is -0.382. The summed E-state index contributed by atoms with van der Waals surface area (Å²) in [6, 6.07) is 7.18. The SMILES string of the molecule is CCC#CCCc1cccc(S(=O)(=O)C(C)C)c1. The van der Waals surface area contributed by atoms with Crippen LogP contribution in [0.1, 0.15) is 39.2 Å². The summed E-state index contributed by atoms with van der Waals surface area (Å²) >= 11 is 0. The fourth-order valence-corrected chi connectivity index (χ4v) is 2.70. The third kappa shape index (κ3) is 3.89. The molecule has 0 atom stereocenters. The second-order valence-electron chi connectivity index (χ2n) is 4.45. The highest BCUT2D eigenvalue weighted by molar-refractivity contribution is 7.92. The van der Waals surface area contributed by atoms with Gasteiger partial charge < -0.3 is 0 Å². The number of aryl methyl sites for hydroxylation is 1. The van der Waals surface area contributed by atoms with Gasteiger partial charge in [-0.25, -0.2) is 8.42 Å². The summed E-state index contributed by atoms with van der Waals surface area (Å²) in [7, 11) is -3.17. The smallest absolute Gasteiger partial charge is 0.180 e. The largest absolute Gasteiger partial charge is 0.223 e. The first-order chi connectivity index (χ1) is 8.48. The van der Waals surface area contributed by atoms with Crippen molar-refractivity contribution in [3.8, 4) is 11.8 Å². The lowest BCUT2D eigenvalue weighted by atomic mass is 10.1. The fourth-order valence-electron chi connectivity index (χ4n) is 1.57. The highest BCUT2D eigenvalue weighted by Gasteiger charge is 2.18. The van der Waals surface area contributed by atoms with Gasteiger partial charge in [-0.3, -0.25) is 0 Å². The van der Waals surface area contributed by atoms with Gasteiger partial charge in [-0.2, -0.15) is 0 Å². The van der Waals surface area contributed by atoms with E-state index in [4.69, 9.17) is 0 Å². The van der Waals surface area contributed by atoms with Crippen molar-refractivity contribution in [1.82, 2.24) is 0 Å². The maximum absolute atomic E-state index is 12.0. The van der Waals surface area contributed by atoms with Crippen LogP contribution in [0, 0.1) is 11.8 Å². The van der Waals surface area contributed by atoms with Gasteiger partial charge in [0.2, 0.25) is 0 Å². The molecule has 18 heavy (non-hydrogen) atoms. The predicted molar refractivity (Wildman–Crippen MR) is 75.2 cm³/mol. The molecule has 0 fully saturated rings. The van der Waals surface area contributed by atoms with Crippen molar-refractivity contribution >= 4 is 9.84 Å². The molecule has 0 aromatic heterocycles. The minimum Gasteiger partial charge on any atom is -0.223 e. The van der Waals surface area contributed by atoms with Crippen LogP contribution < -0.4 is 0 Å². The van der Waals surface area contributed by atoms with E-state index in [-0.39, 0.29) is 5.25 Å². The van der Waals surface area contributed by atoms with Crippen molar-refractivity contribution in [3.05, 3.63) is 29.8 Å². The number of sulfone groups is 1. The van der Waals surface area contributed by atoms with Gasteiger partial charge in [0.1, 0.15) is 0 Å². The Bertz CT molecular complexity index is 545. The van der Waals surface area contributed by atoms with Crippen LogP contribution in [0.25, 0.3) is 0 Å². The highest BCUT2D eigenvalue weighted by atomic mass is 32.2. The minimum absolute atomic E-state index is 0.382. The van der Waals surface area contributed by atoms with Gasteiger partial charge >= 0.3 is 0 Å². The quantitative estimate of drug-likeness (QED) is 0.783. The molecule has 0 N–H and O–H groups in total. The van der Waals surface area contributed by atoms with Crippen LogP contribution in [-0.2, 0) is 16.3 Å². The van der Waals surface area contributed by atoms with E-state index in [0.717, 1.165) is 24.8 Å². The Hall–Kier alpha value is -1.27. The average Bonchev–Trinajstić information content (AvgIpc) is 2.35. The van der Waals surface area contributed by atoms with Crippen LogP contribution in [0.3, 0.4) is 0 Å². The van der Waals surface area contributed by atoms with Crippen LogP contribution in [0.4, 0.5) is 0 Å². The molecule has 0 saturated carbocycles. The summed E-state index contributed by atoms with van der Waals surface area (Å²) in [6.45, 7) is 5.42. The third-order valence-electron chi connectivity index (χ3n) is 2.69. The molecule has 1 aromatic rings. The van der Waals surface area contributed by atoms with E-state index in [1.54, 1.807) is 32.0 Å². The average molecular weight is 264 g/mol. The van der Waals surface area contributed by atoms with Gasteiger partial charge in [0, 0.05) is 12.8 Å². The summed E-state index contributed by atoms with van der Waals surface area (Å²) in [5.41, 5.74) is 1.03. The standard InChI is InChI=1S/C15H20O2S/c1-4-5-6-7-9-14-10-8-11-15(12-14)18(16,17)13(2)3/h8,10-13H,4,7,9H2,1-3H3. The molecular formula is C15H20O2S. The lowest BCUT2D eigenvalue weighted by molar-refractivity contribution is 0.587. The molecule has 0 aliphatic carbocycles. The van der Waals surface area contributed by atoms with Gasteiger partial charge in [0.15, 0.2) is 9.84 Å². The van der Waals surface area contributed by atoms with Gasteiger partial charge in [-0.1, -0.05) is 19.1 Å². The van der Waals surface area contributed by atoms with E-state index in [1.807, 2.05) is 13.0 Å². The maximum Gasteiger partial charge on any atom is 0.180 e. The molecule has 0 bridgehead atoms.